The highest BCUT2D eigenvalue weighted by molar-refractivity contribution is 5.96. The van der Waals surface area contributed by atoms with Crippen molar-refractivity contribution >= 4 is 11.7 Å². The number of carbonyl (C=O) groups is 2. The number of ketones is 1. The van der Waals surface area contributed by atoms with Gasteiger partial charge in [-0.1, -0.05) is 54.6 Å². The van der Waals surface area contributed by atoms with Crippen LogP contribution in [0.3, 0.4) is 0 Å². The van der Waals surface area contributed by atoms with Crippen molar-refractivity contribution in [3.05, 3.63) is 106 Å². The van der Waals surface area contributed by atoms with E-state index in [-0.39, 0.29) is 5.91 Å². The molecule has 5 heteroatoms. The number of fused-ring (bicyclic) bond motifs is 1. The number of benzene rings is 3. The molecule has 5 rings (SSSR count). The van der Waals surface area contributed by atoms with Gasteiger partial charge in [0.2, 0.25) is 5.91 Å². The van der Waals surface area contributed by atoms with Gasteiger partial charge in [0.05, 0.1) is 0 Å². The number of hydrogen-bond donors (Lipinski definition) is 1. The van der Waals surface area contributed by atoms with E-state index < -0.39 is 0 Å². The minimum Gasteiger partial charge on any atom is -0.366 e. The number of amides is 1. The molecule has 39 heavy (non-hydrogen) atoms. The van der Waals surface area contributed by atoms with Gasteiger partial charge < -0.3 is 5.73 Å². The van der Waals surface area contributed by atoms with Crippen LogP contribution in [0.2, 0.25) is 0 Å². The smallest absolute Gasteiger partial charge is 0.248 e. The Morgan fingerprint density at radius 1 is 0.718 bits per heavy atom. The maximum Gasteiger partial charge on any atom is 0.248 e. The van der Waals surface area contributed by atoms with Gasteiger partial charge in [0.15, 0.2) is 5.78 Å². The van der Waals surface area contributed by atoms with Gasteiger partial charge in [0.25, 0.3) is 0 Å². The summed E-state index contributed by atoms with van der Waals surface area (Å²) in [4.78, 5) is 29.3. The van der Waals surface area contributed by atoms with Gasteiger partial charge in [0, 0.05) is 43.7 Å². The van der Waals surface area contributed by atoms with Crippen molar-refractivity contribution in [3.63, 3.8) is 0 Å². The highest BCUT2D eigenvalue weighted by Gasteiger charge is 2.20. The molecule has 204 valence electrons. The van der Waals surface area contributed by atoms with E-state index >= 15 is 0 Å². The molecule has 0 bridgehead atoms. The van der Waals surface area contributed by atoms with E-state index in [4.69, 9.17) is 5.73 Å². The van der Waals surface area contributed by atoms with Crippen LogP contribution in [0.1, 0.15) is 75.1 Å². The highest BCUT2D eigenvalue weighted by atomic mass is 16.1. The normalized spacial score (nSPS) is 16.9. The molecule has 1 amide bonds. The number of primary amides is 1. The van der Waals surface area contributed by atoms with Crippen LogP contribution in [0.15, 0.2) is 72.8 Å². The number of hydrogen-bond acceptors (Lipinski definition) is 4. The van der Waals surface area contributed by atoms with E-state index in [2.05, 4.69) is 58.3 Å². The zero-order valence-electron chi connectivity index (χ0n) is 23.0. The number of nitrogens with zero attached hydrogens (tertiary/aromatic N) is 2. The van der Waals surface area contributed by atoms with Gasteiger partial charge in [0.1, 0.15) is 0 Å². The van der Waals surface area contributed by atoms with Gasteiger partial charge in [-0.2, -0.15) is 0 Å². The molecule has 0 aliphatic carbocycles. The summed E-state index contributed by atoms with van der Waals surface area (Å²) in [6.07, 6.45) is 7.18. The van der Waals surface area contributed by atoms with Gasteiger partial charge in [-0.05, 0) is 98.0 Å². The Morgan fingerprint density at radius 3 is 2.03 bits per heavy atom. The molecular weight excluding hydrogens is 482 g/mol. The second kappa shape index (κ2) is 13.2. The number of piperidine rings is 1. The Kier molecular flexibility index (Phi) is 9.23. The van der Waals surface area contributed by atoms with Crippen LogP contribution in [0.25, 0.3) is 0 Å². The first kappa shape index (κ1) is 27.3. The van der Waals surface area contributed by atoms with Crippen LogP contribution in [-0.4, -0.2) is 47.7 Å². The standard InChI is InChI=1S/C34H41N3O2/c35-34(39)30-11-9-28(10-12-30)25-36-19-15-26(16-20-36)7-4-8-33(38)32-14-13-29-17-21-37(22-18-31(29)23-32)24-27-5-2-1-3-6-27/h1-3,5-6,9-14,23,26H,4,7-8,15-22,24-25H2,(H2,35,39). The third-order valence-electron chi connectivity index (χ3n) is 8.54. The lowest BCUT2D eigenvalue weighted by Gasteiger charge is -2.32. The number of likely N-dealkylation sites (tertiary alicyclic amines) is 1. The Hall–Kier alpha value is -3.28. The van der Waals surface area contributed by atoms with Crippen LogP contribution in [0.4, 0.5) is 0 Å². The van der Waals surface area contributed by atoms with Gasteiger partial charge in [-0.3, -0.25) is 19.4 Å². The topological polar surface area (TPSA) is 66.6 Å². The number of Topliss-reactive ketones (excluding diaryl/α,β-unsaturated/α-hetero) is 1. The fourth-order valence-electron chi connectivity index (χ4n) is 6.11. The maximum atomic E-state index is 13.0. The van der Waals surface area contributed by atoms with Crippen molar-refractivity contribution in [3.8, 4) is 0 Å². The molecule has 2 heterocycles. The minimum absolute atomic E-state index is 0.292. The quantitative estimate of drug-likeness (QED) is 0.349. The summed E-state index contributed by atoms with van der Waals surface area (Å²) in [6.45, 7) is 6.17. The minimum atomic E-state index is -0.381. The Morgan fingerprint density at radius 2 is 1.33 bits per heavy atom. The Labute approximate surface area is 233 Å². The molecule has 0 radical (unpaired) electrons. The molecule has 2 N–H and O–H groups in total. The molecule has 0 spiro atoms. The van der Waals surface area contributed by atoms with E-state index in [1.807, 2.05) is 24.3 Å². The molecule has 3 aromatic rings. The van der Waals surface area contributed by atoms with Crippen LogP contribution in [0, 0.1) is 5.92 Å². The van der Waals surface area contributed by atoms with Crippen molar-refractivity contribution in [2.75, 3.05) is 26.2 Å². The Bertz CT molecular complexity index is 1250. The van der Waals surface area contributed by atoms with Gasteiger partial charge >= 0.3 is 0 Å². The molecule has 2 aliphatic rings. The lowest BCUT2D eigenvalue weighted by atomic mass is 9.90. The summed E-state index contributed by atoms with van der Waals surface area (Å²) in [7, 11) is 0. The van der Waals surface area contributed by atoms with E-state index in [0.717, 1.165) is 70.5 Å². The van der Waals surface area contributed by atoms with Crippen molar-refractivity contribution in [1.82, 2.24) is 9.80 Å². The summed E-state index contributed by atoms with van der Waals surface area (Å²) in [5, 5.41) is 0. The molecule has 5 nitrogen and oxygen atoms in total. The van der Waals surface area contributed by atoms with Crippen molar-refractivity contribution in [2.24, 2.45) is 11.7 Å². The summed E-state index contributed by atoms with van der Waals surface area (Å²) in [5.74, 6) is 0.614. The maximum absolute atomic E-state index is 13.0. The Balaban J connectivity index is 1.03. The first-order chi connectivity index (χ1) is 19.0. The average Bonchev–Trinajstić information content (AvgIpc) is 3.16. The summed E-state index contributed by atoms with van der Waals surface area (Å²) < 4.78 is 0. The largest absolute Gasteiger partial charge is 0.366 e. The van der Waals surface area contributed by atoms with E-state index in [1.165, 1.54) is 35.1 Å². The highest BCUT2D eigenvalue weighted by Crippen LogP contribution is 2.25. The molecule has 1 saturated heterocycles. The van der Waals surface area contributed by atoms with E-state index in [9.17, 15) is 9.59 Å². The van der Waals surface area contributed by atoms with Crippen LogP contribution in [-0.2, 0) is 25.9 Å². The first-order valence-electron chi connectivity index (χ1n) is 14.6. The zero-order valence-corrected chi connectivity index (χ0v) is 23.0. The molecule has 0 unspecified atom stereocenters. The van der Waals surface area contributed by atoms with Crippen LogP contribution >= 0.6 is 0 Å². The molecule has 0 aromatic heterocycles. The molecule has 1 fully saturated rings. The fourth-order valence-corrected chi connectivity index (χ4v) is 6.11. The number of carbonyl (C=O) groups excluding carboxylic acids is 2. The lowest BCUT2D eigenvalue weighted by Crippen LogP contribution is -2.33. The summed E-state index contributed by atoms with van der Waals surface area (Å²) >= 11 is 0. The number of rotatable bonds is 10. The van der Waals surface area contributed by atoms with E-state index in [1.54, 1.807) is 0 Å². The molecule has 0 atom stereocenters. The van der Waals surface area contributed by atoms with Gasteiger partial charge in [-0.15, -0.1) is 0 Å². The molecule has 0 saturated carbocycles. The van der Waals surface area contributed by atoms with Crippen molar-refractivity contribution in [2.45, 2.75) is 58.0 Å². The summed E-state index contributed by atoms with van der Waals surface area (Å²) in [6, 6.07) is 24.8. The molecule has 2 aliphatic heterocycles. The lowest BCUT2D eigenvalue weighted by molar-refractivity contribution is 0.0971. The summed E-state index contributed by atoms with van der Waals surface area (Å²) in [5.41, 5.74) is 12.1. The van der Waals surface area contributed by atoms with Gasteiger partial charge in [-0.25, -0.2) is 0 Å². The SMILES string of the molecule is NC(=O)c1ccc(CN2CCC(CCCC(=O)c3ccc4c(c3)CCN(Cc3ccccc3)CC4)CC2)cc1. The first-order valence-corrected chi connectivity index (χ1v) is 14.6. The predicted molar refractivity (Wildman–Crippen MR) is 157 cm³/mol. The number of nitrogens with two attached hydrogens (primary N) is 1. The second-order valence-corrected chi connectivity index (χ2v) is 11.3. The molecular formula is C34H41N3O2. The third kappa shape index (κ3) is 7.65. The fraction of sp³-hybridized carbons (Fsp3) is 0.412. The average molecular weight is 524 g/mol. The van der Waals surface area contributed by atoms with Crippen LogP contribution < -0.4 is 5.73 Å². The monoisotopic (exact) mass is 523 g/mol. The van der Waals surface area contributed by atoms with Crippen molar-refractivity contribution < 1.29 is 9.59 Å². The van der Waals surface area contributed by atoms with E-state index in [0.29, 0.717) is 23.7 Å². The zero-order chi connectivity index (χ0) is 27.0. The van der Waals surface area contributed by atoms with Crippen LogP contribution in [0.5, 0.6) is 0 Å². The van der Waals surface area contributed by atoms with Crippen molar-refractivity contribution in [1.29, 1.82) is 0 Å². The predicted octanol–water partition coefficient (Wildman–Crippen LogP) is 5.65. The second-order valence-electron chi connectivity index (χ2n) is 11.3. The third-order valence-corrected chi connectivity index (χ3v) is 8.54. The molecule has 3 aromatic carbocycles.